The minimum absolute atomic E-state index is 0.517. The fraction of sp³-hybridized carbons (Fsp3) is 0.571. The van der Waals surface area contributed by atoms with Crippen LogP contribution in [0.3, 0.4) is 0 Å². The molecule has 1 saturated heterocycles. The van der Waals surface area contributed by atoms with Crippen molar-refractivity contribution in [1.29, 1.82) is 0 Å². The molecule has 4 heterocycles. The molecular weight excluding hydrogens is 272 g/mol. The van der Waals surface area contributed by atoms with E-state index in [1.165, 1.54) is 22.0 Å². The van der Waals surface area contributed by atoms with Gasteiger partial charge in [0.15, 0.2) is 0 Å². The van der Waals surface area contributed by atoms with Crippen molar-refractivity contribution in [3.05, 3.63) is 34.0 Å². The third kappa shape index (κ3) is 2.39. The van der Waals surface area contributed by atoms with Crippen LogP contribution in [-0.4, -0.2) is 39.4 Å². The molecule has 0 aromatic carbocycles. The van der Waals surface area contributed by atoms with Crippen LogP contribution >= 0.6 is 11.3 Å². The maximum atomic E-state index is 5.49. The summed E-state index contributed by atoms with van der Waals surface area (Å²) in [6.45, 7) is 4.74. The van der Waals surface area contributed by atoms with Gasteiger partial charge in [0, 0.05) is 31.9 Å². The van der Waals surface area contributed by atoms with Crippen LogP contribution in [0.15, 0.2) is 18.5 Å². The Bertz CT molecular complexity index is 557. The van der Waals surface area contributed by atoms with Gasteiger partial charge in [-0.1, -0.05) is 0 Å². The van der Waals surface area contributed by atoms with E-state index in [4.69, 9.17) is 9.72 Å². The Labute approximate surface area is 122 Å². The first kappa shape index (κ1) is 12.5. The van der Waals surface area contributed by atoms with E-state index >= 15 is 0 Å². The minimum atomic E-state index is 0.517. The highest BCUT2D eigenvalue weighted by Gasteiger charge is 2.25. The van der Waals surface area contributed by atoms with Gasteiger partial charge >= 0.3 is 0 Å². The Hall–Kier alpha value is -1.24. The van der Waals surface area contributed by atoms with Crippen molar-refractivity contribution in [2.24, 2.45) is 0 Å². The number of hydrogen-bond acceptors (Lipinski definition) is 5. The zero-order chi connectivity index (χ0) is 13.4. The van der Waals surface area contributed by atoms with Gasteiger partial charge in [-0.25, -0.2) is 4.98 Å². The quantitative estimate of drug-likeness (QED) is 0.865. The standard InChI is InChI=1S/C14H18N4OS/c1-4-15-18(5-1)11-2-6-17(8-11)9-14-16-12-3-7-19-10-13(12)20-14/h1,4-5,11H,2-3,6-10H2. The predicted octanol–water partition coefficient (Wildman–Crippen LogP) is 1.86. The summed E-state index contributed by atoms with van der Waals surface area (Å²) in [7, 11) is 0. The topological polar surface area (TPSA) is 43.2 Å². The molecule has 4 rings (SSSR count). The number of aromatic nitrogens is 3. The summed E-state index contributed by atoms with van der Waals surface area (Å²) in [6.07, 6.45) is 6.07. The summed E-state index contributed by atoms with van der Waals surface area (Å²) in [4.78, 5) is 8.59. The largest absolute Gasteiger partial charge is 0.375 e. The second-order valence-corrected chi connectivity index (χ2v) is 6.61. The lowest BCUT2D eigenvalue weighted by atomic mass is 10.2. The minimum Gasteiger partial charge on any atom is -0.375 e. The van der Waals surface area contributed by atoms with Gasteiger partial charge in [-0.3, -0.25) is 9.58 Å². The molecule has 0 spiro atoms. The highest BCUT2D eigenvalue weighted by molar-refractivity contribution is 7.11. The number of ether oxygens (including phenoxy) is 1. The first-order valence-electron chi connectivity index (χ1n) is 7.15. The normalized spacial score (nSPS) is 23.1. The molecule has 5 nitrogen and oxygen atoms in total. The SMILES string of the molecule is c1cnn(C2CCN(Cc3nc4c(s3)COCC4)C2)c1. The molecule has 1 fully saturated rings. The van der Waals surface area contributed by atoms with Crippen LogP contribution in [0.25, 0.3) is 0 Å². The summed E-state index contributed by atoms with van der Waals surface area (Å²) in [6, 6.07) is 2.51. The second kappa shape index (κ2) is 5.27. The van der Waals surface area contributed by atoms with Gasteiger partial charge in [-0.05, 0) is 12.5 Å². The fourth-order valence-electron chi connectivity index (χ4n) is 3.01. The van der Waals surface area contributed by atoms with Crippen molar-refractivity contribution >= 4 is 11.3 Å². The molecule has 0 aliphatic carbocycles. The molecule has 106 valence electrons. The molecule has 0 N–H and O–H groups in total. The van der Waals surface area contributed by atoms with Crippen LogP contribution in [0.2, 0.25) is 0 Å². The number of nitrogens with zero attached hydrogens (tertiary/aromatic N) is 4. The summed E-state index contributed by atoms with van der Waals surface area (Å²) >= 11 is 1.82. The zero-order valence-corrected chi connectivity index (χ0v) is 12.2. The van der Waals surface area contributed by atoms with E-state index in [9.17, 15) is 0 Å². The average molecular weight is 290 g/mol. The van der Waals surface area contributed by atoms with Crippen LogP contribution in [-0.2, 0) is 24.3 Å². The second-order valence-electron chi connectivity index (χ2n) is 5.44. The van der Waals surface area contributed by atoms with Crippen LogP contribution in [0, 0.1) is 0 Å². The zero-order valence-electron chi connectivity index (χ0n) is 11.4. The lowest BCUT2D eigenvalue weighted by Crippen LogP contribution is -2.21. The smallest absolute Gasteiger partial charge is 0.107 e. The first-order valence-corrected chi connectivity index (χ1v) is 7.97. The van der Waals surface area contributed by atoms with Gasteiger partial charge < -0.3 is 4.74 Å². The number of hydrogen-bond donors (Lipinski definition) is 0. The van der Waals surface area contributed by atoms with E-state index in [1.807, 2.05) is 23.6 Å². The monoisotopic (exact) mass is 290 g/mol. The molecule has 2 aliphatic heterocycles. The molecule has 0 saturated carbocycles. The van der Waals surface area contributed by atoms with E-state index in [2.05, 4.69) is 20.9 Å². The molecule has 0 bridgehead atoms. The Morgan fingerprint density at radius 2 is 2.45 bits per heavy atom. The molecule has 0 radical (unpaired) electrons. The van der Waals surface area contributed by atoms with Crippen LogP contribution in [0.1, 0.15) is 28.0 Å². The molecule has 1 unspecified atom stereocenters. The summed E-state index contributed by atoms with van der Waals surface area (Å²) in [5, 5.41) is 5.59. The molecule has 6 heteroatoms. The van der Waals surface area contributed by atoms with Crippen LogP contribution < -0.4 is 0 Å². The van der Waals surface area contributed by atoms with Crippen molar-refractivity contribution in [3.63, 3.8) is 0 Å². The number of thiazole rings is 1. The van der Waals surface area contributed by atoms with Gasteiger partial charge in [0.2, 0.25) is 0 Å². The van der Waals surface area contributed by atoms with Gasteiger partial charge in [-0.15, -0.1) is 11.3 Å². The first-order chi connectivity index (χ1) is 9.88. The third-order valence-electron chi connectivity index (χ3n) is 4.04. The maximum Gasteiger partial charge on any atom is 0.107 e. The average Bonchev–Trinajstić information content (AvgIpc) is 3.18. The van der Waals surface area contributed by atoms with Crippen molar-refractivity contribution in [2.45, 2.75) is 32.0 Å². The van der Waals surface area contributed by atoms with Crippen LogP contribution in [0.5, 0.6) is 0 Å². The van der Waals surface area contributed by atoms with Crippen molar-refractivity contribution in [3.8, 4) is 0 Å². The predicted molar refractivity (Wildman–Crippen MR) is 76.6 cm³/mol. The molecular formula is C14H18N4OS. The molecule has 0 amide bonds. The van der Waals surface area contributed by atoms with Gasteiger partial charge in [0.1, 0.15) is 5.01 Å². The highest BCUT2D eigenvalue weighted by atomic mass is 32.1. The Morgan fingerprint density at radius 3 is 3.30 bits per heavy atom. The Balaban J connectivity index is 1.41. The fourth-order valence-corrected chi connectivity index (χ4v) is 4.10. The van der Waals surface area contributed by atoms with E-state index in [0.717, 1.165) is 39.3 Å². The summed E-state index contributed by atoms with van der Waals surface area (Å²) < 4.78 is 7.57. The summed E-state index contributed by atoms with van der Waals surface area (Å²) in [5.74, 6) is 0. The van der Waals surface area contributed by atoms with Crippen molar-refractivity contribution in [1.82, 2.24) is 19.7 Å². The Morgan fingerprint density at radius 1 is 1.45 bits per heavy atom. The van der Waals surface area contributed by atoms with E-state index < -0.39 is 0 Å². The van der Waals surface area contributed by atoms with Crippen LogP contribution in [0.4, 0.5) is 0 Å². The third-order valence-corrected chi connectivity index (χ3v) is 5.10. The number of likely N-dealkylation sites (tertiary alicyclic amines) is 1. The number of rotatable bonds is 3. The van der Waals surface area contributed by atoms with Gasteiger partial charge in [0.05, 0.1) is 36.4 Å². The molecule has 20 heavy (non-hydrogen) atoms. The lowest BCUT2D eigenvalue weighted by molar-refractivity contribution is 0.112. The molecule has 1 atom stereocenters. The van der Waals surface area contributed by atoms with E-state index in [1.54, 1.807) is 0 Å². The van der Waals surface area contributed by atoms with E-state index in [0.29, 0.717) is 6.04 Å². The van der Waals surface area contributed by atoms with Crippen molar-refractivity contribution in [2.75, 3.05) is 19.7 Å². The Kier molecular flexibility index (Phi) is 3.29. The summed E-state index contributed by atoms with van der Waals surface area (Å²) in [5.41, 5.74) is 1.26. The van der Waals surface area contributed by atoms with Gasteiger partial charge in [-0.2, -0.15) is 5.10 Å². The molecule has 2 aromatic heterocycles. The van der Waals surface area contributed by atoms with E-state index in [-0.39, 0.29) is 0 Å². The van der Waals surface area contributed by atoms with Crippen molar-refractivity contribution < 1.29 is 4.74 Å². The molecule has 2 aliphatic rings. The highest BCUT2D eigenvalue weighted by Crippen LogP contribution is 2.27. The molecule has 2 aromatic rings. The van der Waals surface area contributed by atoms with Gasteiger partial charge in [0.25, 0.3) is 0 Å². The maximum absolute atomic E-state index is 5.49. The lowest BCUT2D eigenvalue weighted by Gasteiger charge is -2.14. The number of fused-ring (bicyclic) bond motifs is 1.